The van der Waals surface area contributed by atoms with Crippen LogP contribution in [0.3, 0.4) is 0 Å². The van der Waals surface area contributed by atoms with E-state index in [1.807, 2.05) is 6.92 Å². The molecule has 0 aliphatic heterocycles. The minimum Gasteiger partial charge on any atom is -0.435 e. The summed E-state index contributed by atoms with van der Waals surface area (Å²) in [5, 5.41) is -0.326. The third-order valence-corrected chi connectivity index (χ3v) is 1.92. The molecule has 0 rings (SSSR count). The second-order valence-electron chi connectivity index (χ2n) is 2.54. The molecule has 0 amide bonds. The molecule has 0 aromatic carbocycles. The maximum Gasteiger partial charge on any atom is 0.321 e. The van der Waals surface area contributed by atoms with Gasteiger partial charge in [0.15, 0.2) is 6.29 Å². The van der Waals surface area contributed by atoms with Crippen molar-refractivity contribution in [3.8, 4) is 0 Å². The highest BCUT2D eigenvalue weighted by Gasteiger charge is 2.16. The lowest BCUT2D eigenvalue weighted by atomic mass is 10.2. The van der Waals surface area contributed by atoms with Gasteiger partial charge >= 0.3 is 5.97 Å². The SMILES string of the molecule is CCCC(S)C(=O)OC(C)OC. The minimum absolute atomic E-state index is 0.311. The van der Waals surface area contributed by atoms with E-state index in [9.17, 15) is 4.79 Å². The van der Waals surface area contributed by atoms with Crippen LogP contribution in [0.2, 0.25) is 0 Å². The second kappa shape index (κ2) is 6.31. The highest BCUT2D eigenvalue weighted by Crippen LogP contribution is 2.08. The van der Waals surface area contributed by atoms with E-state index in [0.29, 0.717) is 0 Å². The highest BCUT2D eigenvalue weighted by molar-refractivity contribution is 7.81. The zero-order valence-corrected chi connectivity index (χ0v) is 8.64. The zero-order chi connectivity index (χ0) is 9.56. The Morgan fingerprint density at radius 2 is 2.17 bits per heavy atom. The number of thiol groups is 1. The summed E-state index contributed by atoms with van der Waals surface area (Å²) >= 11 is 4.09. The molecule has 0 aromatic rings. The number of hydrogen-bond acceptors (Lipinski definition) is 4. The summed E-state index contributed by atoms with van der Waals surface area (Å²) in [7, 11) is 1.49. The Labute approximate surface area is 78.8 Å². The third kappa shape index (κ3) is 4.62. The fourth-order valence-corrected chi connectivity index (χ4v) is 1.00. The fraction of sp³-hybridized carbons (Fsp3) is 0.875. The van der Waals surface area contributed by atoms with Gasteiger partial charge in [-0.15, -0.1) is 0 Å². The molecule has 72 valence electrons. The number of hydrogen-bond donors (Lipinski definition) is 1. The molecule has 0 saturated heterocycles. The normalized spacial score (nSPS) is 15.3. The number of carbonyl (C=O) groups is 1. The molecule has 0 aromatic heterocycles. The summed E-state index contributed by atoms with van der Waals surface area (Å²) in [6.07, 6.45) is 1.17. The molecule has 2 unspecified atom stereocenters. The van der Waals surface area contributed by atoms with Crippen LogP contribution in [-0.2, 0) is 14.3 Å². The molecular formula is C8H16O3S. The largest absolute Gasteiger partial charge is 0.435 e. The maximum absolute atomic E-state index is 11.1. The van der Waals surface area contributed by atoms with Gasteiger partial charge < -0.3 is 9.47 Å². The number of ether oxygens (including phenoxy) is 2. The lowest BCUT2D eigenvalue weighted by Crippen LogP contribution is -2.23. The summed E-state index contributed by atoms with van der Waals surface area (Å²) in [5.41, 5.74) is 0. The van der Waals surface area contributed by atoms with Crippen molar-refractivity contribution in [2.24, 2.45) is 0 Å². The van der Waals surface area contributed by atoms with Gasteiger partial charge in [-0.2, -0.15) is 12.6 Å². The van der Waals surface area contributed by atoms with Gasteiger partial charge in [-0.3, -0.25) is 4.79 Å². The first kappa shape index (κ1) is 11.8. The summed E-state index contributed by atoms with van der Waals surface area (Å²) in [4.78, 5) is 11.1. The number of carbonyl (C=O) groups excluding carboxylic acids is 1. The van der Waals surface area contributed by atoms with Crippen molar-refractivity contribution >= 4 is 18.6 Å². The average Bonchev–Trinajstić information content (AvgIpc) is 2.04. The molecule has 0 spiro atoms. The van der Waals surface area contributed by atoms with Gasteiger partial charge in [0.2, 0.25) is 0 Å². The number of esters is 1. The number of rotatable bonds is 5. The quantitative estimate of drug-likeness (QED) is 0.408. The predicted molar refractivity (Wildman–Crippen MR) is 50.2 cm³/mol. The Bertz CT molecular complexity index is 138. The van der Waals surface area contributed by atoms with Gasteiger partial charge in [-0.25, -0.2) is 0 Å². The van der Waals surface area contributed by atoms with Crippen LogP contribution in [0.4, 0.5) is 0 Å². The fourth-order valence-electron chi connectivity index (χ4n) is 0.682. The van der Waals surface area contributed by atoms with Crippen molar-refractivity contribution < 1.29 is 14.3 Å². The molecule has 0 aliphatic carbocycles. The minimum atomic E-state index is -0.482. The van der Waals surface area contributed by atoms with Crippen LogP contribution in [-0.4, -0.2) is 24.6 Å². The van der Waals surface area contributed by atoms with Crippen LogP contribution in [0.15, 0.2) is 0 Å². The Morgan fingerprint density at radius 1 is 1.58 bits per heavy atom. The first-order valence-corrected chi connectivity index (χ1v) is 4.54. The van der Waals surface area contributed by atoms with Gasteiger partial charge in [0.1, 0.15) is 0 Å². The highest BCUT2D eigenvalue weighted by atomic mass is 32.1. The lowest BCUT2D eigenvalue weighted by Gasteiger charge is -2.14. The Kier molecular flexibility index (Phi) is 6.20. The molecule has 0 fully saturated rings. The van der Waals surface area contributed by atoms with Gasteiger partial charge in [-0.1, -0.05) is 13.3 Å². The van der Waals surface area contributed by atoms with Crippen LogP contribution in [0.25, 0.3) is 0 Å². The van der Waals surface area contributed by atoms with Gasteiger partial charge in [-0.05, 0) is 13.3 Å². The first-order valence-electron chi connectivity index (χ1n) is 4.03. The second-order valence-corrected chi connectivity index (χ2v) is 3.17. The standard InChI is InChI=1S/C8H16O3S/c1-4-5-7(12)8(9)11-6(2)10-3/h6-7,12H,4-5H2,1-3H3. The maximum atomic E-state index is 11.1. The van der Waals surface area contributed by atoms with Gasteiger partial charge in [0.05, 0.1) is 5.25 Å². The third-order valence-electron chi connectivity index (χ3n) is 1.45. The van der Waals surface area contributed by atoms with E-state index >= 15 is 0 Å². The van der Waals surface area contributed by atoms with Crippen LogP contribution in [0, 0.1) is 0 Å². The summed E-state index contributed by atoms with van der Waals surface area (Å²) in [6.45, 7) is 3.67. The van der Waals surface area contributed by atoms with Gasteiger partial charge in [0, 0.05) is 7.11 Å². The van der Waals surface area contributed by atoms with E-state index in [4.69, 9.17) is 9.47 Å². The Balaban J connectivity index is 3.70. The molecule has 0 bridgehead atoms. The lowest BCUT2D eigenvalue weighted by molar-refractivity contribution is -0.169. The van der Waals surface area contributed by atoms with E-state index < -0.39 is 6.29 Å². The van der Waals surface area contributed by atoms with Crippen molar-refractivity contribution in [1.29, 1.82) is 0 Å². The summed E-state index contributed by atoms with van der Waals surface area (Å²) in [5.74, 6) is -0.311. The molecule has 0 heterocycles. The van der Waals surface area contributed by atoms with Crippen LogP contribution >= 0.6 is 12.6 Å². The van der Waals surface area contributed by atoms with Crippen molar-refractivity contribution in [3.63, 3.8) is 0 Å². The van der Waals surface area contributed by atoms with Crippen molar-refractivity contribution in [2.45, 2.75) is 38.2 Å². The first-order chi connectivity index (χ1) is 5.61. The summed E-state index contributed by atoms with van der Waals surface area (Å²) in [6, 6.07) is 0. The van der Waals surface area contributed by atoms with E-state index in [1.165, 1.54) is 7.11 Å². The average molecular weight is 192 g/mol. The van der Waals surface area contributed by atoms with Gasteiger partial charge in [0.25, 0.3) is 0 Å². The summed E-state index contributed by atoms with van der Waals surface area (Å²) < 4.78 is 9.65. The van der Waals surface area contributed by atoms with Crippen LogP contribution < -0.4 is 0 Å². The van der Waals surface area contributed by atoms with Crippen LogP contribution in [0.1, 0.15) is 26.7 Å². The molecule has 0 N–H and O–H groups in total. The van der Waals surface area contributed by atoms with E-state index in [2.05, 4.69) is 12.6 Å². The van der Waals surface area contributed by atoms with Crippen LogP contribution in [0.5, 0.6) is 0 Å². The van der Waals surface area contributed by atoms with Crippen molar-refractivity contribution in [3.05, 3.63) is 0 Å². The smallest absolute Gasteiger partial charge is 0.321 e. The Morgan fingerprint density at radius 3 is 2.58 bits per heavy atom. The monoisotopic (exact) mass is 192 g/mol. The molecule has 0 radical (unpaired) electrons. The number of methoxy groups -OCH3 is 1. The predicted octanol–water partition coefficient (Wildman–Crippen LogP) is 1.62. The van der Waals surface area contributed by atoms with E-state index in [1.54, 1.807) is 6.92 Å². The molecular weight excluding hydrogens is 176 g/mol. The van der Waals surface area contributed by atoms with Crippen molar-refractivity contribution in [1.82, 2.24) is 0 Å². The topological polar surface area (TPSA) is 35.5 Å². The van der Waals surface area contributed by atoms with E-state index in [0.717, 1.165) is 12.8 Å². The molecule has 0 aliphatic rings. The zero-order valence-electron chi connectivity index (χ0n) is 7.74. The molecule has 0 saturated carbocycles. The Hall–Kier alpha value is -0.220. The van der Waals surface area contributed by atoms with Crippen molar-refractivity contribution in [2.75, 3.05) is 7.11 Å². The molecule has 4 heteroatoms. The molecule has 2 atom stereocenters. The molecule has 12 heavy (non-hydrogen) atoms. The van der Waals surface area contributed by atoms with E-state index in [-0.39, 0.29) is 11.2 Å². The molecule has 3 nitrogen and oxygen atoms in total.